The van der Waals surface area contributed by atoms with Gasteiger partial charge in [0.1, 0.15) is 5.58 Å². The van der Waals surface area contributed by atoms with Crippen molar-refractivity contribution in [2.24, 2.45) is 0 Å². The third-order valence-electron chi connectivity index (χ3n) is 4.57. The van der Waals surface area contributed by atoms with Crippen LogP contribution in [0.3, 0.4) is 0 Å². The number of carbonyl (C=O) groups is 1. The quantitative estimate of drug-likeness (QED) is 0.679. The smallest absolute Gasteiger partial charge is 0.287 e. The highest BCUT2D eigenvalue weighted by molar-refractivity contribution is 5.93. The molecule has 0 saturated carbocycles. The molecule has 0 atom stereocenters. The number of amides is 1. The summed E-state index contributed by atoms with van der Waals surface area (Å²) in [5.74, 6) is 0.880. The zero-order valence-corrected chi connectivity index (χ0v) is 16.2. The molecular weight excluding hydrogens is 358 g/mol. The van der Waals surface area contributed by atoms with E-state index in [-0.39, 0.29) is 11.2 Å². The predicted octanol–water partition coefficient (Wildman–Crippen LogP) is 3.35. The molecule has 0 aliphatic carbocycles. The van der Waals surface area contributed by atoms with Crippen LogP contribution in [-0.4, -0.2) is 26.7 Å². The summed E-state index contributed by atoms with van der Waals surface area (Å²) < 4.78 is 16.1. The number of hydrogen-bond acceptors (Lipinski definition) is 5. The van der Waals surface area contributed by atoms with E-state index in [1.165, 1.54) is 6.07 Å². The van der Waals surface area contributed by atoms with E-state index in [4.69, 9.17) is 13.9 Å². The third kappa shape index (κ3) is 4.17. The van der Waals surface area contributed by atoms with Gasteiger partial charge in [-0.15, -0.1) is 0 Å². The molecule has 0 aliphatic heterocycles. The molecule has 1 N–H and O–H groups in total. The second-order valence-electron chi connectivity index (χ2n) is 6.35. The molecule has 1 amide bonds. The van der Waals surface area contributed by atoms with Crippen LogP contribution in [0.25, 0.3) is 11.0 Å². The predicted molar refractivity (Wildman–Crippen MR) is 107 cm³/mol. The van der Waals surface area contributed by atoms with E-state index in [2.05, 4.69) is 5.32 Å². The van der Waals surface area contributed by atoms with Crippen molar-refractivity contribution in [1.29, 1.82) is 0 Å². The van der Waals surface area contributed by atoms with Crippen LogP contribution in [0.2, 0.25) is 0 Å². The van der Waals surface area contributed by atoms with Gasteiger partial charge in [-0.05, 0) is 48.2 Å². The van der Waals surface area contributed by atoms with Gasteiger partial charge < -0.3 is 19.2 Å². The van der Waals surface area contributed by atoms with Gasteiger partial charge in [-0.25, -0.2) is 0 Å². The van der Waals surface area contributed by atoms with Gasteiger partial charge >= 0.3 is 0 Å². The van der Waals surface area contributed by atoms with Gasteiger partial charge in [0.2, 0.25) is 0 Å². The first-order valence-electron chi connectivity index (χ1n) is 9.11. The van der Waals surface area contributed by atoms with Crippen LogP contribution < -0.4 is 20.2 Å². The van der Waals surface area contributed by atoms with Crippen LogP contribution in [-0.2, 0) is 12.8 Å². The van der Waals surface area contributed by atoms with Crippen molar-refractivity contribution < 1.29 is 18.7 Å². The zero-order valence-electron chi connectivity index (χ0n) is 16.2. The first-order chi connectivity index (χ1) is 13.5. The summed E-state index contributed by atoms with van der Waals surface area (Å²) in [5, 5.41) is 3.27. The normalized spacial score (nSPS) is 10.7. The molecule has 6 nitrogen and oxygen atoms in total. The number of hydrogen-bond donors (Lipinski definition) is 1. The van der Waals surface area contributed by atoms with Crippen molar-refractivity contribution in [3.63, 3.8) is 0 Å². The fourth-order valence-corrected chi connectivity index (χ4v) is 2.98. The monoisotopic (exact) mass is 381 g/mol. The number of nitrogens with one attached hydrogen (secondary N) is 1. The Bertz CT molecular complexity index is 1050. The number of fused-ring (bicyclic) bond motifs is 1. The van der Waals surface area contributed by atoms with Crippen molar-refractivity contribution >= 4 is 16.9 Å². The SMILES string of the molecule is CCc1ccc2oc(C(=O)NCCc3ccc(OC)c(OC)c3)cc(=O)c2c1. The number of aryl methyl sites for hydroxylation is 1. The Labute approximate surface area is 163 Å². The lowest BCUT2D eigenvalue weighted by molar-refractivity contribution is 0.0927. The number of benzene rings is 2. The lowest BCUT2D eigenvalue weighted by atomic mass is 10.1. The first-order valence-corrected chi connectivity index (χ1v) is 9.11. The maximum Gasteiger partial charge on any atom is 0.287 e. The average molecular weight is 381 g/mol. The molecule has 146 valence electrons. The van der Waals surface area contributed by atoms with E-state index in [9.17, 15) is 9.59 Å². The van der Waals surface area contributed by atoms with Crippen molar-refractivity contribution in [2.45, 2.75) is 19.8 Å². The molecule has 0 spiro atoms. The van der Waals surface area contributed by atoms with Gasteiger partial charge in [0.05, 0.1) is 19.6 Å². The fraction of sp³-hybridized carbons (Fsp3) is 0.273. The molecule has 6 heteroatoms. The van der Waals surface area contributed by atoms with Gasteiger partial charge in [0.15, 0.2) is 22.7 Å². The van der Waals surface area contributed by atoms with Gasteiger partial charge in [0.25, 0.3) is 5.91 Å². The number of rotatable bonds is 7. The summed E-state index contributed by atoms with van der Waals surface area (Å²) >= 11 is 0. The Balaban J connectivity index is 1.69. The molecule has 0 bridgehead atoms. The zero-order chi connectivity index (χ0) is 20.1. The van der Waals surface area contributed by atoms with E-state index in [1.807, 2.05) is 31.2 Å². The summed E-state index contributed by atoms with van der Waals surface area (Å²) in [6.45, 7) is 2.41. The summed E-state index contributed by atoms with van der Waals surface area (Å²) in [5.41, 5.74) is 2.23. The van der Waals surface area contributed by atoms with Crippen molar-refractivity contribution in [1.82, 2.24) is 5.32 Å². The highest BCUT2D eigenvalue weighted by Gasteiger charge is 2.13. The Morgan fingerprint density at radius 1 is 1.00 bits per heavy atom. The van der Waals surface area contributed by atoms with Crippen molar-refractivity contribution in [3.05, 3.63) is 69.6 Å². The van der Waals surface area contributed by atoms with Crippen LogP contribution in [0.4, 0.5) is 0 Å². The Morgan fingerprint density at radius 3 is 2.46 bits per heavy atom. The molecule has 1 heterocycles. The van der Waals surface area contributed by atoms with Gasteiger partial charge in [-0.3, -0.25) is 9.59 Å². The second kappa shape index (κ2) is 8.61. The molecule has 0 radical (unpaired) electrons. The van der Waals surface area contributed by atoms with E-state index in [0.29, 0.717) is 35.4 Å². The minimum atomic E-state index is -0.418. The first kappa shape index (κ1) is 19.5. The van der Waals surface area contributed by atoms with Crippen LogP contribution >= 0.6 is 0 Å². The van der Waals surface area contributed by atoms with E-state index >= 15 is 0 Å². The minimum Gasteiger partial charge on any atom is -0.493 e. The highest BCUT2D eigenvalue weighted by atomic mass is 16.5. The molecule has 2 aromatic carbocycles. The maximum atomic E-state index is 12.4. The van der Waals surface area contributed by atoms with Crippen LogP contribution in [0, 0.1) is 0 Å². The van der Waals surface area contributed by atoms with Gasteiger partial charge in [0, 0.05) is 12.6 Å². The molecule has 0 saturated heterocycles. The second-order valence-corrected chi connectivity index (χ2v) is 6.35. The number of methoxy groups -OCH3 is 2. The summed E-state index contributed by atoms with van der Waals surface area (Å²) in [4.78, 5) is 24.7. The van der Waals surface area contributed by atoms with Gasteiger partial charge in [-0.2, -0.15) is 0 Å². The maximum absolute atomic E-state index is 12.4. The molecular formula is C22H23NO5. The number of ether oxygens (including phenoxy) is 2. The molecule has 28 heavy (non-hydrogen) atoms. The van der Waals surface area contributed by atoms with Crippen molar-refractivity contribution in [2.75, 3.05) is 20.8 Å². The number of carbonyl (C=O) groups excluding carboxylic acids is 1. The standard InChI is InChI=1S/C22H23NO5/c1-4-14-5-7-18-16(11-14)17(24)13-21(28-18)22(25)23-10-9-15-6-8-19(26-2)20(12-15)27-3/h5-8,11-13H,4,9-10H2,1-3H3,(H,23,25). The fourth-order valence-electron chi connectivity index (χ4n) is 2.98. The van der Waals surface area contributed by atoms with Gasteiger partial charge in [-0.1, -0.05) is 19.1 Å². The summed E-state index contributed by atoms with van der Waals surface area (Å²) in [6.07, 6.45) is 1.43. The van der Waals surface area contributed by atoms with Crippen molar-refractivity contribution in [3.8, 4) is 11.5 Å². The lowest BCUT2D eigenvalue weighted by Gasteiger charge is -2.10. The molecule has 3 aromatic rings. The summed E-state index contributed by atoms with van der Waals surface area (Å²) in [7, 11) is 3.16. The lowest BCUT2D eigenvalue weighted by Crippen LogP contribution is -2.26. The summed E-state index contributed by atoms with van der Waals surface area (Å²) in [6, 6.07) is 12.3. The Kier molecular flexibility index (Phi) is 5.99. The van der Waals surface area contributed by atoms with Crippen LogP contribution in [0.5, 0.6) is 11.5 Å². The molecule has 3 rings (SSSR count). The Hall–Kier alpha value is -3.28. The van der Waals surface area contributed by atoms with E-state index < -0.39 is 5.91 Å². The molecule has 1 aromatic heterocycles. The minimum absolute atomic E-state index is 0.00839. The largest absolute Gasteiger partial charge is 0.493 e. The third-order valence-corrected chi connectivity index (χ3v) is 4.57. The van der Waals surface area contributed by atoms with E-state index in [0.717, 1.165) is 17.5 Å². The van der Waals surface area contributed by atoms with Crippen LogP contribution in [0.1, 0.15) is 28.6 Å². The topological polar surface area (TPSA) is 77.8 Å². The molecule has 0 aliphatic rings. The average Bonchev–Trinajstić information content (AvgIpc) is 2.73. The molecule has 0 unspecified atom stereocenters. The van der Waals surface area contributed by atoms with E-state index in [1.54, 1.807) is 26.4 Å². The van der Waals surface area contributed by atoms with Crippen LogP contribution in [0.15, 0.2) is 51.7 Å². The molecule has 0 fully saturated rings. The Morgan fingerprint density at radius 2 is 1.75 bits per heavy atom. The highest BCUT2D eigenvalue weighted by Crippen LogP contribution is 2.27.